The fraction of sp³-hybridized carbons (Fsp3) is 0.312. The number of pyridine rings is 1. The molecule has 2 rings (SSSR count). The molecule has 1 aromatic heterocycles. The second-order valence-corrected chi connectivity index (χ2v) is 5.82. The molecule has 0 saturated heterocycles. The Kier molecular flexibility index (Phi) is 5.71. The average Bonchev–Trinajstić information content (AvgIpc) is 2.47. The summed E-state index contributed by atoms with van der Waals surface area (Å²) in [7, 11) is 2.11. The molecule has 0 bridgehead atoms. The maximum atomic E-state index is 5.94. The van der Waals surface area contributed by atoms with Gasteiger partial charge in [-0.1, -0.05) is 30.3 Å². The van der Waals surface area contributed by atoms with Crippen molar-refractivity contribution in [3.8, 4) is 0 Å². The normalized spacial score (nSPS) is 12.6. The molecule has 0 aliphatic rings. The predicted octanol–water partition coefficient (Wildman–Crippen LogP) is 3.02. The van der Waals surface area contributed by atoms with Crippen LogP contribution in [0.1, 0.15) is 17.2 Å². The van der Waals surface area contributed by atoms with Gasteiger partial charge in [-0.2, -0.15) is 0 Å². The molecule has 2 N–H and O–H groups in total. The van der Waals surface area contributed by atoms with Gasteiger partial charge in [0.05, 0.1) is 0 Å². The molecular formula is C16H20BrN3. The first kappa shape index (κ1) is 15.2. The van der Waals surface area contributed by atoms with E-state index in [4.69, 9.17) is 5.73 Å². The van der Waals surface area contributed by atoms with Crippen LogP contribution in [-0.4, -0.2) is 30.0 Å². The van der Waals surface area contributed by atoms with Gasteiger partial charge >= 0.3 is 0 Å². The van der Waals surface area contributed by atoms with Crippen molar-refractivity contribution in [2.24, 2.45) is 5.73 Å². The number of halogens is 1. The fourth-order valence-corrected chi connectivity index (χ4v) is 2.67. The lowest BCUT2D eigenvalue weighted by molar-refractivity contribution is 0.253. The molecular weight excluding hydrogens is 314 g/mol. The highest BCUT2D eigenvalue weighted by molar-refractivity contribution is 9.10. The van der Waals surface area contributed by atoms with Gasteiger partial charge < -0.3 is 5.73 Å². The van der Waals surface area contributed by atoms with Crippen molar-refractivity contribution in [3.63, 3.8) is 0 Å². The zero-order valence-electron chi connectivity index (χ0n) is 11.7. The van der Waals surface area contributed by atoms with Gasteiger partial charge in [0.2, 0.25) is 0 Å². The first-order chi connectivity index (χ1) is 9.70. The van der Waals surface area contributed by atoms with Crippen LogP contribution in [0.2, 0.25) is 0 Å². The van der Waals surface area contributed by atoms with E-state index in [1.165, 1.54) is 5.56 Å². The number of aromatic nitrogens is 1. The van der Waals surface area contributed by atoms with Crippen molar-refractivity contribution in [1.29, 1.82) is 0 Å². The molecule has 2 aromatic rings. The molecule has 0 aliphatic carbocycles. The van der Waals surface area contributed by atoms with Crippen molar-refractivity contribution >= 4 is 15.9 Å². The SMILES string of the molecule is CN(CCc1ccccc1)C(CN)c1cncc(Br)c1. The Morgan fingerprint density at radius 1 is 1.25 bits per heavy atom. The van der Waals surface area contributed by atoms with Crippen molar-refractivity contribution in [1.82, 2.24) is 9.88 Å². The molecule has 1 aromatic carbocycles. The average molecular weight is 334 g/mol. The molecule has 0 radical (unpaired) electrons. The first-order valence-electron chi connectivity index (χ1n) is 6.75. The second-order valence-electron chi connectivity index (χ2n) is 4.90. The molecule has 0 fully saturated rings. The Balaban J connectivity index is 2.00. The van der Waals surface area contributed by atoms with E-state index in [2.05, 4.69) is 63.2 Å². The maximum Gasteiger partial charge on any atom is 0.0483 e. The standard InChI is InChI=1S/C16H20BrN3/c1-20(8-7-13-5-3-2-4-6-13)16(10-18)14-9-15(17)12-19-11-14/h2-6,9,11-12,16H,7-8,10,18H2,1H3. The molecule has 1 unspecified atom stereocenters. The lowest BCUT2D eigenvalue weighted by atomic mass is 10.1. The largest absolute Gasteiger partial charge is 0.329 e. The molecule has 4 heteroatoms. The van der Waals surface area contributed by atoms with E-state index >= 15 is 0 Å². The van der Waals surface area contributed by atoms with Crippen LogP contribution in [0.3, 0.4) is 0 Å². The predicted molar refractivity (Wildman–Crippen MR) is 86.5 cm³/mol. The minimum absolute atomic E-state index is 0.198. The molecule has 0 amide bonds. The summed E-state index contributed by atoms with van der Waals surface area (Å²) in [5, 5.41) is 0. The number of nitrogens with zero attached hydrogens (tertiary/aromatic N) is 2. The summed E-state index contributed by atoms with van der Waals surface area (Å²) in [6.07, 6.45) is 4.71. The lowest BCUT2D eigenvalue weighted by Gasteiger charge is -2.27. The summed E-state index contributed by atoms with van der Waals surface area (Å²) < 4.78 is 0.991. The lowest BCUT2D eigenvalue weighted by Crippen LogP contribution is -2.32. The Morgan fingerprint density at radius 3 is 2.65 bits per heavy atom. The Bertz CT molecular complexity index is 530. The van der Waals surface area contributed by atoms with E-state index in [1.54, 1.807) is 6.20 Å². The third-order valence-corrected chi connectivity index (χ3v) is 3.90. The van der Waals surface area contributed by atoms with E-state index in [0.717, 1.165) is 23.0 Å². The summed E-state index contributed by atoms with van der Waals surface area (Å²) in [4.78, 5) is 6.51. The molecule has 0 aliphatic heterocycles. The van der Waals surface area contributed by atoms with E-state index in [0.29, 0.717) is 6.54 Å². The van der Waals surface area contributed by atoms with Gasteiger partial charge in [0.25, 0.3) is 0 Å². The molecule has 1 atom stereocenters. The summed E-state index contributed by atoms with van der Waals surface area (Å²) >= 11 is 3.46. The molecule has 0 saturated carbocycles. The maximum absolute atomic E-state index is 5.94. The minimum Gasteiger partial charge on any atom is -0.329 e. The Morgan fingerprint density at radius 2 is 2.00 bits per heavy atom. The molecule has 0 spiro atoms. The van der Waals surface area contributed by atoms with Crippen LogP contribution in [0.15, 0.2) is 53.3 Å². The van der Waals surface area contributed by atoms with Crippen molar-refractivity contribution < 1.29 is 0 Å². The van der Waals surface area contributed by atoms with Crippen molar-refractivity contribution in [2.45, 2.75) is 12.5 Å². The summed E-state index contributed by atoms with van der Waals surface area (Å²) in [5.74, 6) is 0. The highest BCUT2D eigenvalue weighted by Gasteiger charge is 2.15. The van der Waals surface area contributed by atoms with E-state index in [1.807, 2.05) is 12.3 Å². The van der Waals surface area contributed by atoms with Crippen LogP contribution < -0.4 is 5.73 Å². The quantitative estimate of drug-likeness (QED) is 0.883. The van der Waals surface area contributed by atoms with Gasteiger partial charge in [0.15, 0.2) is 0 Å². The van der Waals surface area contributed by atoms with Gasteiger partial charge in [-0.25, -0.2) is 0 Å². The third-order valence-electron chi connectivity index (χ3n) is 3.46. The van der Waals surface area contributed by atoms with Crippen LogP contribution in [0.25, 0.3) is 0 Å². The Labute approximate surface area is 129 Å². The van der Waals surface area contributed by atoms with E-state index < -0.39 is 0 Å². The first-order valence-corrected chi connectivity index (χ1v) is 7.54. The van der Waals surface area contributed by atoms with Crippen LogP contribution in [0, 0.1) is 0 Å². The van der Waals surface area contributed by atoms with Gasteiger partial charge in [0, 0.05) is 36.0 Å². The van der Waals surface area contributed by atoms with Gasteiger partial charge in [-0.05, 0) is 46.6 Å². The second kappa shape index (κ2) is 7.53. The highest BCUT2D eigenvalue weighted by Crippen LogP contribution is 2.20. The molecule has 1 heterocycles. The zero-order chi connectivity index (χ0) is 14.4. The zero-order valence-corrected chi connectivity index (χ0v) is 13.3. The number of nitrogens with two attached hydrogens (primary N) is 1. The Hall–Kier alpha value is -1.23. The van der Waals surface area contributed by atoms with E-state index in [-0.39, 0.29) is 6.04 Å². The van der Waals surface area contributed by atoms with Crippen molar-refractivity contribution in [2.75, 3.05) is 20.1 Å². The highest BCUT2D eigenvalue weighted by atomic mass is 79.9. The van der Waals surface area contributed by atoms with Gasteiger partial charge in [-0.3, -0.25) is 9.88 Å². The fourth-order valence-electron chi connectivity index (χ4n) is 2.29. The monoisotopic (exact) mass is 333 g/mol. The van der Waals surface area contributed by atoms with Crippen LogP contribution in [-0.2, 0) is 6.42 Å². The van der Waals surface area contributed by atoms with Gasteiger partial charge in [0.1, 0.15) is 0 Å². The summed E-state index contributed by atoms with van der Waals surface area (Å²) in [5.41, 5.74) is 8.44. The number of likely N-dealkylation sites (N-methyl/N-ethyl adjacent to an activating group) is 1. The third kappa shape index (κ3) is 4.13. The van der Waals surface area contributed by atoms with Crippen LogP contribution >= 0.6 is 15.9 Å². The minimum atomic E-state index is 0.198. The molecule has 3 nitrogen and oxygen atoms in total. The van der Waals surface area contributed by atoms with Crippen molar-refractivity contribution in [3.05, 3.63) is 64.4 Å². The van der Waals surface area contributed by atoms with Gasteiger partial charge in [-0.15, -0.1) is 0 Å². The van der Waals surface area contributed by atoms with Crippen LogP contribution in [0.4, 0.5) is 0 Å². The van der Waals surface area contributed by atoms with Crippen LogP contribution in [0.5, 0.6) is 0 Å². The van der Waals surface area contributed by atoms with E-state index in [9.17, 15) is 0 Å². The molecule has 106 valence electrons. The number of rotatable bonds is 6. The number of benzene rings is 1. The summed E-state index contributed by atoms with van der Waals surface area (Å²) in [6.45, 7) is 1.56. The number of hydrogen-bond acceptors (Lipinski definition) is 3. The summed E-state index contributed by atoms with van der Waals surface area (Å²) in [6, 6.07) is 12.8. The molecule has 20 heavy (non-hydrogen) atoms. The smallest absolute Gasteiger partial charge is 0.0483 e. The topological polar surface area (TPSA) is 42.1 Å². The number of hydrogen-bond donors (Lipinski definition) is 1.